The van der Waals surface area contributed by atoms with Gasteiger partial charge in [0.05, 0.1) is 20.4 Å². The van der Waals surface area contributed by atoms with E-state index < -0.39 is 0 Å². The quantitative estimate of drug-likeness (QED) is 0.172. The average Bonchev–Trinajstić information content (AvgIpc) is 3.73. The highest BCUT2D eigenvalue weighted by Crippen LogP contribution is 2.42. The number of hydrogen-bond acceptors (Lipinski definition) is 6. The Morgan fingerprint density at radius 1 is 0.348 bits per heavy atom. The van der Waals surface area contributed by atoms with E-state index in [1.165, 1.54) is 30.9 Å². The van der Waals surface area contributed by atoms with E-state index in [9.17, 15) is 0 Å². The third-order valence-corrected chi connectivity index (χ3v) is 10.3. The van der Waals surface area contributed by atoms with E-state index in [1.807, 2.05) is 12.1 Å². The molecule has 9 rings (SSSR count). The van der Waals surface area contributed by atoms with Gasteiger partial charge in [-0.15, -0.1) is 0 Å². The average molecular weight is 627 g/mol. The van der Waals surface area contributed by atoms with Crippen molar-refractivity contribution in [1.82, 2.24) is 9.97 Å². The van der Waals surface area contributed by atoms with E-state index in [4.69, 9.17) is 9.97 Å². The third kappa shape index (κ3) is 4.76. The van der Waals surface area contributed by atoms with E-state index in [0.29, 0.717) is 0 Å². The summed E-state index contributed by atoms with van der Waals surface area (Å²) in [6.07, 6.45) is 0. The Kier molecular flexibility index (Phi) is 6.47. The second-order valence-corrected chi connectivity index (χ2v) is 13.2. The fraction of sp³-hybridized carbons (Fsp3) is 0. The molecule has 0 saturated heterocycles. The minimum atomic E-state index is 0.952. The fourth-order valence-electron chi connectivity index (χ4n) is 6.06. The second kappa shape index (κ2) is 11.1. The Morgan fingerprint density at radius 3 is 1.20 bits per heavy atom. The second-order valence-electron chi connectivity index (χ2n) is 11.2. The van der Waals surface area contributed by atoms with Crippen LogP contribution < -0.4 is 9.80 Å². The number of anilines is 6. The van der Waals surface area contributed by atoms with Gasteiger partial charge in [0.25, 0.3) is 0 Å². The largest absolute Gasteiger partial charge is 0.286 e. The Morgan fingerprint density at radius 2 is 0.761 bits per heavy atom. The molecule has 2 aromatic heterocycles. The highest BCUT2D eigenvalue weighted by atomic mass is 32.1. The molecule has 0 N–H and O–H groups in total. The molecule has 0 saturated carbocycles. The van der Waals surface area contributed by atoms with Gasteiger partial charge in [-0.1, -0.05) is 95.5 Å². The number of nitrogens with zero attached hydrogens (tertiary/aromatic N) is 4. The summed E-state index contributed by atoms with van der Waals surface area (Å²) in [5, 5.41) is 6.66. The van der Waals surface area contributed by atoms with Crippen molar-refractivity contribution >= 4 is 97.7 Å². The van der Waals surface area contributed by atoms with Gasteiger partial charge in [0, 0.05) is 22.7 Å². The van der Waals surface area contributed by atoms with E-state index in [-0.39, 0.29) is 0 Å². The van der Waals surface area contributed by atoms with Gasteiger partial charge in [0.15, 0.2) is 10.3 Å². The first kappa shape index (κ1) is 26.8. The molecule has 0 spiro atoms. The van der Waals surface area contributed by atoms with Crippen molar-refractivity contribution < 1.29 is 0 Å². The van der Waals surface area contributed by atoms with Crippen LogP contribution in [0.15, 0.2) is 158 Å². The molecule has 7 aromatic carbocycles. The van der Waals surface area contributed by atoms with Crippen LogP contribution >= 0.6 is 22.7 Å². The molecule has 0 bridgehead atoms. The smallest absolute Gasteiger partial charge is 0.195 e. The fourth-order valence-corrected chi connectivity index (χ4v) is 8.07. The zero-order valence-corrected chi connectivity index (χ0v) is 26.2. The van der Waals surface area contributed by atoms with Gasteiger partial charge < -0.3 is 0 Å². The van der Waals surface area contributed by atoms with Crippen molar-refractivity contribution in [2.75, 3.05) is 9.80 Å². The van der Waals surface area contributed by atoms with Gasteiger partial charge >= 0.3 is 0 Å². The number of benzene rings is 7. The van der Waals surface area contributed by atoms with Crippen LogP contribution in [0.2, 0.25) is 0 Å². The van der Waals surface area contributed by atoms with E-state index in [0.717, 1.165) is 44.0 Å². The zero-order valence-electron chi connectivity index (χ0n) is 24.6. The molecule has 0 radical (unpaired) electrons. The first-order chi connectivity index (χ1) is 22.8. The number of para-hydroxylation sites is 4. The Hall–Kier alpha value is -5.56. The molecule has 0 aliphatic carbocycles. The first-order valence-electron chi connectivity index (χ1n) is 15.2. The maximum Gasteiger partial charge on any atom is 0.195 e. The molecule has 0 unspecified atom stereocenters. The summed E-state index contributed by atoms with van der Waals surface area (Å²) in [4.78, 5) is 14.6. The van der Waals surface area contributed by atoms with Gasteiger partial charge in [-0.05, 0) is 106 Å². The number of hydrogen-bond donors (Lipinski definition) is 0. The van der Waals surface area contributed by atoms with Crippen LogP contribution in [-0.4, -0.2) is 9.97 Å². The Bertz CT molecular complexity index is 2260. The summed E-state index contributed by atoms with van der Waals surface area (Å²) in [7, 11) is 0. The topological polar surface area (TPSA) is 32.3 Å². The predicted octanol–water partition coefficient (Wildman–Crippen LogP) is 12.2. The van der Waals surface area contributed by atoms with Crippen LogP contribution in [0.25, 0.3) is 42.0 Å². The number of fused-ring (bicyclic) bond motifs is 4. The molecule has 218 valence electrons. The van der Waals surface area contributed by atoms with Crippen LogP contribution in [0.1, 0.15) is 0 Å². The molecule has 46 heavy (non-hydrogen) atoms. The van der Waals surface area contributed by atoms with Gasteiger partial charge in [-0.25, -0.2) is 9.97 Å². The van der Waals surface area contributed by atoms with E-state index in [1.54, 1.807) is 22.7 Å². The van der Waals surface area contributed by atoms with Gasteiger partial charge in [0.2, 0.25) is 0 Å². The van der Waals surface area contributed by atoms with Crippen LogP contribution in [0.3, 0.4) is 0 Å². The number of thiazole rings is 2. The minimum Gasteiger partial charge on any atom is -0.286 e. The van der Waals surface area contributed by atoms with E-state index in [2.05, 4.69) is 155 Å². The monoisotopic (exact) mass is 626 g/mol. The van der Waals surface area contributed by atoms with Crippen molar-refractivity contribution in [1.29, 1.82) is 0 Å². The lowest BCUT2D eigenvalue weighted by molar-refractivity contribution is 1.25. The van der Waals surface area contributed by atoms with Gasteiger partial charge in [-0.2, -0.15) is 0 Å². The molecule has 0 atom stereocenters. The summed E-state index contributed by atoms with van der Waals surface area (Å²) in [5.41, 5.74) is 6.37. The lowest BCUT2D eigenvalue weighted by Crippen LogP contribution is -2.09. The molecule has 2 heterocycles. The number of rotatable bonds is 6. The first-order valence-corrected chi connectivity index (χ1v) is 16.8. The number of aromatic nitrogens is 2. The molecule has 0 aliphatic heterocycles. The van der Waals surface area contributed by atoms with E-state index >= 15 is 0 Å². The SMILES string of the molecule is c1ccc(N(c2ccc3cc4cc(N(c5ccccc5)c5nc6ccccc6s5)ccc4cc3c2)c2nc3ccccc3s2)cc1. The Balaban J connectivity index is 1.15. The van der Waals surface area contributed by atoms with Crippen LogP contribution in [-0.2, 0) is 0 Å². The molecule has 0 aliphatic rings. The minimum absolute atomic E-state index is 0.952. The summed E-state index contributed by atoms with van der Waals surface area (Å²) < 4.78 is 2.35. The summed E-state index contributed by atoms with van der Waals surface area (Å²) in [5.74, 6) is 0. The highest BCUT2D eigenvalue weighted by molar-refractivity contribution is 7.22. The molecule has 9 aromatic rings. The van der Waals surface area contributed by atoms with Crippen LogP contribution in [0, 0.1) is 0 Å². The van der Waals surface area contributed by atoms with Crippen molar-refractivity contribution in [3.05, 3.63) is 158 Å². The molecule has 4 nitrogen and oxygen atoms in total. The van der Waals surface area contributed by atoms with Crippen molar-refractivity contribution in [2.45, 2.75) is 0 Å². The summed E-state index contributed by atoms with van der Waals surface area (Å²) >= 11 is 3.42. The molecule has 6 heteroatoms. The van der Waals surface area contributed by atoms with Crippen molar-refractivity contribution in [3.63, 3.8) is 0 Å². The Labute approximate surface area is 274 Å². The maximum atomic E-state index is 5.02. The predicted molar refractivity (Wildman–Crippen MR) is 197 cm³/mol. The van der Waals surface area contributed by atoms with Crippen molar-refractivity contribution in [2.24, 2.45) is 0 Å². The lowest BCUT2D eigenvalue weighted by Gasteiger charge is -2.23. The normalized spacial score (nSPS) is 11.5. The highest BCUT2D eigenvalue weighted by Gasteiger charge is 2.19. The lowest BCUT2D eigenvalue weighted by atomic mass is 10.0. The maximum absolute atomic E-state index is 5.02. The zero-order chi connectivity index (χ0) is 30.5. The molecular weight excluding hydrogens is 601 g/mol. The summed E-state index contributed by atoms with van der Waals surface area (Å²) in [6.45, 7) is 0. The summed E-state index contributed by atoms with van der Waals surface area (Å²) in [6, 6.07) is 55.6. The standard InChI is InChI=1S/C40H26N4S2/c1-3-11-31(12-4-1)43(39-41-35-15-7-9-17-37(35)45-39)33-21-19-27-24-30-26-34(22-20-28(30)23-29(27)25-33)44(32-13-5-2-6-14-32)40-42-36-16-8-10-18-38(36)46-40/h1-26H. The van der Waals surface area contributed by atoms with Crippen LogP contribution in [0.5, 0.6) is 0 Å². The van der Waals surface area contributed by atoms with Crippen molar-refractivity contribution in [3.8, 4) is 0 Å². The van der Waals surface area contributed by atoms with Gasteiger partial charge in [-0.3, -0.25) is 9.80 Å². The molecule has 0 amide bonds. The van der Waals surface area contributed by atoms with Gasteiger partial charge in [0.1, 0.15) is 0 Å². The molecule has 0 fully saturated rings. The molecular formula is C40H26N4S2. The third-order valence-electron chi connectivity index (χ3n) is 8.26. The van der Waals surface area contributed by atoms with Crippen LogP contribution in [0.4, 0.5) is 33.0 Å².